The van der Waals surface area contributed by atoms with Gasteiger partial charge >= 0.3 is 23.9 Å². The number of aliphatic hydroxyl groups is 1. The van der Waals surface area contributed by atoms with Crippen molar-refractivity contribution in [2.45, 2.75) is 92.6 Å². The van der Waals surface area contributed by atoms with Crippen molar-refractivity contribution in [3.8, 4) is 0 Å². The molecule has 3 N–H and O–H groups in total. The lowest BCUT2D eigenvalue weighted by Crippen LogP contribution is -2.64. The van der Waals surface area contributed by atoms with Crippen LogP contribution >= 0.6 is 0 Å². The molecule has 0 bridgehead atoms. The third-order valence-electron chi connectivity index (χ3n) is 5.81. The number of hydrogen-bond acceptors (Lipinski definition) is 6. The molecule has 8 heteroatoms. The second-order valence-electron chi connectivity index (χ2n) is 9.76. The Kier molecular flexibility index (Phi) is 11.4. The Morgan fingerprint density at radius 2 is 1.19 bits per heavy atom. The highest BCUT2D eigenvalue weighted by atomic mass is 16.6. The number of esters is 2. The molecule has 0 heterocycles. The first-order valence-electron chi connectivity index (χ1n) is 11.0. The van der Waals surface area contributed by atoms with Crippen LogP contribution in [0.5, 0.6) is 0 Å². The smallest absolute Gasteiger partial charge is 0.337 e. The molecular weight excluding hydrogens is 404 g/mol. The monoisotopic (exact) mass is 444 g/mol. The first-order valence-corrected chi connectivity index (χ1v) is 11.0. The van der Waals surface area contributed by atoms with Gasteiger partial charge in [0.1, 0.15) is 5.41 Å². The highest BCUT2D eigenvalue weighted by Gasteiger charge is 2.66. The van der Waals surface area contributed by atoms with E-state index in [-0.39, 0.29) is 37.0 Å². The molecule has 8 nitrogen and oxygen atoms in total. The first kappa shape index (κ1) is 29.0. The van der Waals surface area contributed by atoms with Gasteiger partial charge in [-0.15, -0.1) is 0 Å². The van der Waals surface area contributed by atoms with Gasteiger partial charge in [-0.05, 0) is 49.9 Å². The van der Waals surface area contributed by atoms with Gasteiger partial charge in [-0.2, -0.15) is 0 Å². The lowest BCUT2D eigenvalue weighted by atomic mass is 9.59. The zero-order valence-corrected chi connectivity index (χ0v) is 19.9. The van der Waals surface area contributed by atoms with Gasteiger partial charge in [-0.3, -0.25) is 14.4 Å². The summed E-state index contributed by atoms with van der Waals surface area (Å²) in [7, 11) is 0. The molecule has 180 valence electrons. The molecule has 0 fully saturated rings. The van der Waals surface area contributed by atoms with E-state index >= 15 is 0 Å². The normalized spacial score (nSPS) is 15.1. The highest BCUT2D eigenvalue weighted by Crippen LogP contribution is 2.49. The summed E-state index contributed by atoms with van der Waals surface area (Å²) >= 11 is 0. The molecule has 2 atom stereocenters. The van der Waals surface area contributed by atoms with Crippen LogP contribution in [0, 0.1) is 29.1 Å². The molecule has 0 aliphatic rings. The largest absolute Gasteiger partial charge is 0.481 e. The van der Waals surface area contributed by atoms with Crippen LogP contribution < -0.4 is 0 Å². The maximum absolute atomic E-state index is 13.3. The summed E-state index contributed by atoms with van der Waals surface area (Å²) in [5.41, 5.74) is -5.02. The maximum atomic E-state index is 13.3. The van der Waals surface area contributed by atoms with Crippen molar-refractivity contribution in [1.29, 1.82) is 0 Å². The second kappa shape index (κ2) is 12.2. The number of aliphatic carboxylic acids is 2. The van der Waals surface area contributed by atoms with Gasteiger partial charge < -0.3 is 20.1 Å². The van der Waals surface area contributed by atoms with Gasteiger partial charge in [0.15, 0.2) is 5.60 Å². The molecule has 0 amide bonds. The summed E-state index contributed by atoms with van der Waals surface area (Å²) < 4.78 is 4.84. The van der Waals surface area contributed by atoms with Crippen LogP contribution in [0.1, 0.15) is 87.0 Å². The summed E-state index contributed by atoms with van der Waals surface area (Å²) in [5, 5.41) is 31.7. The van der Waals surface area contributed by atoms with Crippen molar-refractivity contribution in [3.63, 3.8) is 0 Å². The van der Waals surface area contributed by atoms with Crippen molar-refractivity contribution in [3.05, 3.63) is 0 Å². The molecule has 0 spiro atoms. The Hall–Kier alpha value is -1.96. The van der Waals surface area contributed by atoms with E-state index in [2.05, 4.69) is 0 Å². The van der Waals surface area contributed by atoms with Crippen molar-refractivity contribution >= 4 is 23.9 Å². The fourth-order valence-corrected chi connectivity index (χ4v) is 3.86. The number of rotatable bonds is 14. The molecule has 0 saturated heterocycles. The molecule has 0 aromatic rings. The first-order chi connectivity index (χ1) is 14.1. The molecular formula is C23H40O8. The topological polar surface area (TPSA) is 138 Å². The zero-order chi connectivity index (χ0) is 24.6. The lowest BCUT2D eigenvalue weighted by Gasteiger charge is -2.46. The number of hydrogen-bond donors (Lipinski definition) is 3. The van der Waals surface area contributed by atoms with Gasteiger partial charge in [0.2, 0.25) is 0 Å². The summed E-state index contributed by atoms with van der Waals surface area (Å²) in [6.07, 6.45) is 0.678. The maximum Gasteiger partial charge on any atom is 0.337 e. The third-order valence-corrected chi connectivity index (χ3v) is 5.81. The molecule has 0 aromatic heterocycles. The van der Waals surface area contributed by atoms with E-state index in [0.29, 0.717) is 19.3 Å². The minimum Gasteiger partial charge on any atom is -0.481 e. The van der Waals surface area contributed by atoms with Crippen LogP contribution in [-0.2, 0) is 23.9 Å². The Labute approximate surface area is 185 Å². The molecule has 0 aromatic carbocycles. The Morgan fingerprint density at radius 3 is 1.48 bits per heavy atom. The Bertz CT molecular complexity index is 625. The Morgan fingerprint density at radius 1 is 0.774 bits per heavy atom. The summed E-state index contributed by atoms with van der Waals surface area (Å²) in [4.78, 5) is 49.6. The van der Waals surface area contributed by atoms with Gasteiger partial charge in [-0.1, -0.05) is 48.0 Å². The third kappa shape index (κ3) is 7.59. The lowest BCUT2D eigenvalue weighted by molar-refractivity contribution is -0.211. The standard InChI is InChI=1S/C23H40O8/c1-14(2)8-9-18(19(25)26)23(30,20(27)28)22(12-10-15(3)4,13-11-16(5)6)21(29)31-17(7)24/h14-16,18,30H,8-13H2,1-7H3,(H,25,26)(H,27,28). The predicted octanol–water partition coefficient (Wildman–Crippen LogP) is 3.89. The summed E-state index contributed by atoms with van der Waals surface area (Å²) in [6.45, 7) is 12.2. The van der Waals surface area contributed by atoms with Crippen molar-refractivity contribution in [2.24, 2.45) is 29.1 Å². The fraction of sp³-hybridized carbons (Fsp3) is 0.826. The van der Waals surface area contributed by atoms with Crippen LogP contribution in [0.4, 0.5) is 0 Å². The molecule has 0 aliphatic carbocycles. The molecule has 0 saturated carbocycles. The molecule has 0 rings (SSSR count). The van der Waals surface area contributed by atoms with Crippen LogP contribution in [0.15, 0.2) is 0 Å². The number of carbonyl (C=O) groups excluding carboxylic acids is 2. The quantitative estimate of drug-likeness (QED) is 0.271. The second-order valence-corrected chi connectivity index (χ2v) is 9.76. The minimum absolute atomic E-state index is 0.0422. The van der Waals surface area contributed by atoms with Gasteiger partial charge in [-0.25, -0.2) is 4.79 Å². The van der Waals surface area contributed by atoms with Crippen LogP contribution in [-0.4, -0.2) is 44.8 Å². The number of carboxylic acid groups (broad SMARTS) is 2. The van der Waals surface area contributed by atoms with Crippen LogP contribution in [0.2, 0.25) is 0 Å². The Balaban J connectivity index is 6.90. The van der Waals surface area contributed by atoms with E-state index in [4.69, 9.17) is 4.74 Å². The average molecular weight is 445 g/mol. The van der Waals surface area contributed by atoms with E-state index in [0.717, 1.165) is 6.92 Å². The summed E-state index contributed by atoms with van der Waals surface area (Å²) in [5.74, 6) is -7.01. The van der Waals surface area contributed by atoms with Crippen LogP contribution in [0.25, 0.3) is 0 Å². The van der Waals surface area contributed by atoms with Crippen molar-refractivity contribution in [1.82, 2.24) is 0 Å². The van der Waals surface area contributed by atoms with E-state index in [1.807, 2.05) is 41.5 Å². The minimum atomic E-state index is -2.94. The SMILES string of the molecule is CC(=O)OC(=O)C(CCC(C)C)(CCC(C)C)C(O)(C(=O)O)C(CCC(C)C)C(=O)O. The molecule has 2 unspecified atom stereocenters. The van der Waals surface area contributed by atoms with E-state index < -0.39 is 40.8 Å². The number of ether oxygens (including phenoxy) is 1. The van der Waals surface area contributed by atoms with Crippen molar-refractivity contribution in [2.75, 3.05) is 0 Å². The van der Waals surface area contributed by atoms with E-state index in [1.54, 1.807) is 0 Å². The highest BCUT2D eigenvalue weighted by molar-refractivity contribution is 5.96. The van der Waals surface area contributed by atoms with E-state index in [9.17, 15) is 34.5 Å². The molecule has 0 aliphatic heterocycles. The molecule has 31 heavy (non-hydrogen) atoms. The van der Waals surface area contributed by atoms with Crippen molar-refractivity contribution < 1.29 is 39.2 Å². The average Bonchev–Trinajstić information content (AvgIpc) is 2.59. The fourth-order valence-electron chi connectivity index (χ4n) is 3.86. The molecule has 0 radical (unpaired) electrons. The van der Waals surface area contributed by atoms with Crippen LogP contribution in [0.3, 0.4) is 0 Å². The van der Waals surface area contributed by atoms with E-state index in [1.165, 1.54) is 0 Å². The van der Waals surface area contributed by atoms with Gasteiger partial charge in [0.05, 0.1) is 5.92 Å². The summed E-state index contributed by atoms with van der Waals surface area (Å²) in [6, 6.07) is 0. The number of carbonyl (C=O) groups is 4. The zero-order valence-electron chi connectivity index (χ0n) is 19.9. The predicted molar refractivity (Wildman–Crippen MR) is 115 cm³/mol. The number of carboxylic acids is 2. The van der Waals surface area contributed by atoms with Gasteiger partial charge in [0, 0.05) is 6.92 Å². The van der Waals surface area contributed by atoms with Gasteiger partial charge in [0.25, 0.3) is 0 Å².